The molecule has 0 saturated heterocycles. The van der Waals surface area contributed by atoms with Gasteiger partial charge in [-0.05, 0) is 31.2 Å². The third-order valence-electron chi connectivity index (χ3n) is 3.56. The first-order chi connectivity index (χ1) is 7.86. The average Bonchev–Trinajstić information content (AvgIpc) is 2.74. The van der Waals surface area contributed by atoms with Crippen molar-refractivity contribution in [2.24, 2.45) is 0 Å². The van der Waals surface area contributed by atoms with Gasteiger partial charge in [0.2, 0.25) is 0 Å². The Balaban J connectivity index is 1.82. The topological polar surface area (TPSA) is 12.0 Å². The molecule has 1 fully saturated rings. The van der Waals surface area contributed by atoms with Gasteiger partial charge in [-0.25, -0.2) is 0 Å². The van der Waals surface area contributed by atoms with Gasteiger partial charge in [0.15, 0.2) is 0 Å². The van der Waals surface area contributed by atoms with Crippen LogP contribution in [0.4, 0.5) is 0 Å². The van der Waals surface area contributed by atoms with Gasteiger partial charge in [-0.15, -0.1) is 11.3 Å². The quantitative estimate of drug-likeness (QED) is 0.815. The predicted octanol–water partition coefficient (Wildman–Crippen LogP) is 4.51. The average molecular weight is 237 g/mol. The number of thiophene rings is 1. The van der Waals surface area contributed by atoms with Gasteiger partial charge in [0.05, 0.1) is 0 Å². The van der Waals surface area contributed by atoms with Gasteiger partial charge >= 0.3 is 0 Å². The maximum Gasteiger partial charge on any atom is 0.0388 e. The van der Waals surface area contributed by atoms with E-state index in [1.165, 1.54) is 49.8 Å². The molecule has 0 aliphatic heterocycles. The Labute approximate surface area is 103 Å². The van der Waals surface area contributed by atoms with Gasteiger partial charge in [-0.3, -0.25) is 0 Å². The number of hydrogen-bond donors (Lipinski definition) is 1. The molecule has 2 rings (SSSR count). The Bertz CT molecular complexity index is 273. The first-order valence-electron chi connectivity index (χ1n) is 6.66. The van der Waals surface area contributed by atoms with Gasteiger partial charge < -0.3 is 5.32 Å². The van der Waals surface area contributed by atoms with E-state index in [0.29, 0.717) is 6.04 Å². The van der Waals surface area contributed by atoms with E-state index in [1.807, 2.05) is 11.3 Å². The molecule has 1 aromatic heterocycles. The van der Waals surface area contributed by atoms with E-state index in [0.717, 1.165) is 6.04 Å². The van der Waals surface area contributed by atoms with Crippen LogP contribution in [0.25, 0.3) is 0 Å². The Kier molecular flexibility index (Phi) is 4.86. The predicted molar refractivity (Wildman–Crippen MR) is 72.0 cm³/mol. The lowest BCUT2D eigenvalue weighted by Crippen LogP contribution is -2.31. The van der Waals surface area contributed by atoms with Gasteiger partial charge in [-0.1, -0.05) is 38.2 Å². The highest BCUT2D eigenvalue weighted by Crippen LogP contribution is 2.22. The minimum atomic E-state index is 0.532. The standard InChI is InChI=1S/C14H23NS/c1-12(14-10-7-11-16-14)15-13-8-5-3-2-4-6-9-13/h7,10-13,15H,2-6,8-9H2,1H3/t12-/m0/s1. The normalized spacial score (nSPS) is 21.3. The summed E-state index contributed by atoms with van der Waals surface area (Å²) in [5.74, 6) is 0. The second-order valence-corrected chi connectivity index (χ2v) is 5.93. The molecule has 1 heterocycles. The molecular formula is C14H23NS. The molecule has 1 N–H and O–H groups in total. The fourth-order valence-electron chi connectivity index (χ4n) is 2.60. The minimum Gasteiger partial charge on any atom is -0.307 e. The highest BCUT2D eigenvalue weighted by atomic mass is 32.1. The van der Waals surface area contributed by atoms with Crippen LogP contribution < -0.4 is 5.32 Å². The summed E-state index contributed by atoms with van der Waals surface area (Å²) < 4.78 is 0. The summed E-state index contributed by atoms with van der Waals surface area (Å²) in [6.07, 6.45) is 9.89. The van der Waals surface area contributed by atoms with Crippen molar-refractivity contribution in [2.45, 2.75) is 64.0 Å². The summed E-state index contributed by atoms with van der Waals surface area (Å²) in [5.41, 5.74) is 0. The fraction of sp³-hybridized carbons (Fsp3) is 0.714. The van der Waals surface area contributed by atoms with Crippen LogP contribution in [-0.4, -0.2) is 6.04 Å². The zero-order chi connectivity index (χ0) is 11.2. The first-order valence-corrected chi connectivity index (χ1v) is 7.53. The van der Waals surface area contributed by atoms with Crippen molar-refractivity contribution >= 4 is 11.3 Å². The third kappa shape index (κ3) is 3.60. The molecule has 1 aliphatic rings. The molecule has 1 aromatic rings. The van der Waals surface area contributed by atoms with Crippen LogP contribution in [0.2, 0.25) is 0 Å². The molecular weight excluding hydrogens is 214 g/mol. The molecule has 1 aliphatic carbocycles. The second-order valence-electron chi connectivity index (χ2n) is 4.95. The van der Waals surface area contributed by atoms with Crippen molar-refractivity contribution in [3.05, 3.63) is 22.4 Å². The van der Waals surface area contributed by atoms with E-state index in [9.17, 15) is 0 Å². The second kappa shape index (κ2) is 6.41. The Morgan fingerprint density at radius 1 is 1.19 bits per heavy atom. The van der Waals surface area contributed by atoms with E-state index in [4.69, 9.17) is 0 Å². The van der Waals surface area contributed by atoms with Crippen LogP contribution in [0.5, 0.6) is 0 Å². The van der Waals surface area contributed by atoms with Crippen LogP contribution in [-0.2, 0) is 0 Å². The Morgan fingerprint density at radius 2 is 1.88 bits per heavy atom. The fourth-order valence-corrected chi connectivity index (χ4v) is 3.34. The summed E-state index contributed by atoms with van der Waals surface area (Å²) in [7, 11) is 0. The lowest BCUT2D eigenvalue weighted by molar-refractivity contribution is 0.364. The first kappa shape index (κ1) is 12.1. The van der Waals surface area contributed by atoms with Gasteiger partial charge in [-0.2, -0.15) is 0 Å². The van der Waals surface area contributed by atoms with Crippen molar-refractivity contribution in [3.63, 3.8) is 0 Å². The molecule has 1 atom stereocenters. The van der Waals surface area contributed by atoms with Gasteiger partial charge in [0.1, 0.15) is 0 Å². The summed E-state index contributed by atoms with van der Waals surface area (Å²) in [6, 6.07) is 5.67. The summed E-state index contributed by atoms with van der Waals surface area (Å²) in [4.78, 5) is 1.47. The number of hydrogen-bond acceptors (Lipinski definition) is 2. The summed E-state index contributed by atoms with van der Waals surface area (Å²) in [6.45, 7) is 2.30. The molecule has 90 valence electrons. The summed E-state index contributed by atoms with van der Waals surface area (Å²) in [5, 5.41) is 5.97. The lowest BCUT2D eigenvalue weighted by Gasteiger charge is -2.24. The van der Waals surface area contributed by atoms with E-state index < -0.39 is 0 Å². The molecule has 0 radical (unpaired) electrons. The van der Waals surface area contributed by atoms with Crippen molar-refractivity contribution in [1.82, 2.24) is 5.32 Å². The van der Waals surface area contributed by atoms with Crippen molar-refractivity contribution in [3.8, 4) is 0 Å². The van der Waals surface area contributed by atoms with Crippen LogP contribution in [0.3, 0.4) is 0 Å². The molecule has 2 heteroatoms. The molecule has 0 bridgehead atoms. The van der Waals surface area contributed by atoms with Crippen LogP contribution in [0, 0.1) is 0 Å². The zero-order valence-corrected chi connectivity index (χ0v) is 11.1. The lowest BCUT2D eigenvalue weighted by atomic mass is 9.96. The van der Waals surface area contributed by atoms with E-state index in [2.05, 4.69) is 29.8 Å². The number of nitrogens with one attached hydrogen (secondary N) is 1. The molecule has 0 aromatic carbocycles. The van der Waals surface area contributed by atoms with Crippen molar-refractivity contribution in [1.29, 1.82) is 0 Å². The zero-order valence-electron chi connectivity index (χ0n) is 10.2. The Hall–Kier alpha value is -0.340. The van der Waals surface area contributed by atoms with Crippen LogP contribution in [0.15, 0.2) is 17.5 Å². The van der Waals surface area contributed by atoms with Crippen molar-refractivity contribution < 1.29 is 0 Å². The van der Waals surface area contributed by atoms with Crippen molar-refractivity contribution in [2.75, 3.05) is 0 Å². The van der Waals surface area contributed by atoms with Gasteiger partial charge in [0, 0.05) is 17.0 Å². The molecule has 1 saturated carbocycles. The van der Waals surface area contributed by atoms with E-state index >= 15 is 0 Å². The molecule has 0 spiro atoms. The molecule has 0 unspecified atom stereocenters. The minimum absolute atomic E-state index is 0.532. The largest absolute Gasteiger partial charge is 0.307 e. The highest BCUT2D eigenvalue weighted by Gasteiger charge is 2.14. The SMILES string of the molecule is C[C@H](NC1CCCCCCC1)c1cccs1. The monoisotopic (exact) mass is 237 g/mol. The number of rotatable bonds is 3. The summed E-state index contributed by atoms with van der Waals surface area (Å²) >= 11 is 1.87. The molecule has 1 nitrogen and oxygen atoms in total. The highest BCUT2D eigenvalue weighted by molar-refractivity contribution is 7.10. The van der Waals surface area contributed by atoms with E-state index in [1.54, 1.807) is 0 Å². The molecule has 0 amide bonds. The maximum absolute atomic E-state index is 3.80. The van der Waals surface area contributed by atoms with Gasteiger partial charge in [0.25, 0.3) is 0 Å². The van der Waals surface area contributed by atoms with E-state index in [-0.39, 0.29) is 0 Å². The smallest absolute Gasteiger partial charge is 0.0388 e. The molecule has 16 heavy (non-hydrogen) atoms. The Morgan fingerprint density at radius 3 is 2.50 bits per heavy atom. The van der Waals surface area contributed by atoms with Crippen LogP contribution in [0.1, 0.15) is 62.8 Å². The van der Waals surface area contributed by atoms with Crippen LogP contribution >= 0.6 is 11.3 Å². The third-order valence-corrected chi connectivity index (χ3v) is 4.62. The maximum atomic E-state index is 3.80.